The van der Waals surface area contributed by atoms with Crippen LogP contribution in [-0.4, -0.2) is 38.9 Å². The van der Waals surface area contributed by atoms with E-state index in [4.69, 9.17) is 23.7 Å². The topological polar surface area (TPSA) is 79.0 Å². The van der Waals surface area contributed by atoms with E-state index in [0.717, 1.165) is 10.9 Å². The van der Waals surface area contributed by atoms with Gasteiger partial charge in [-0.15, -0.1) is 0 Å². The number of hydrogen-bond donors (Lipinski definition) is 1. The van der Waals surface area contributed by atoms with Gasteiger partial charge in [0.2, 0.25) is 12.5 Å². The van der Waals surface area contributed by atoms with Crippen molar-refractivity contribution >= 4 is 16.7 Å². The minimum Gasteiger partial charge on any atom is -0.493 e. The van der Waals surface area contributed by atoms with Crippen LogP contribution in [0.3, 0.4) is 0 Å². The summed E-state index contributed by atoms with van der Waals surface area (Å²) in [5, 5.41) is 0.757. The number of aromatic amines is 1. The fraction of sp³-hybridized carbons (Fsp3) is 0.211. The molecule has 1 aromatic heterocycles. The van der Waals surface area contributed by atoms with Crippen LogP contribution in [-0.2, 0) is 0 Å². The predicted octanol–water partition coefficient (Wildman–Crippen LogP) is 3.15. The van der Waals surface area contributed by atoms with E-state index in [9.17, 15) is 4.79 Å². The molecule has 26 heavy (non-hydrogen) atoms. The fourth-order valence-corrected chi connectivity index (χ4v) is 3.07. The summed E-state index contributed by atoms with van der Waals surface area (Å²) in [5.41, 5.74) is 1.75. The minimum atomic E-state index is -0.172. The fourth-order valence-electron chi connectivity index (χ4n) is 3.07. The van der Waals surface area contributed by atoms with Crippen LogP contribution in [0.25, 0.3) is 10.9 Å². The number of rotatable bonds is 5. The molecule has 4 rings (SSSR count). The van der Waals surface area contributed by atoms with Gasteiger partial charge in [0.05, 0.1) is 26.8 Å². The van der Waals surface area contributed by atoms with E-state index in [2.05, 4.69) is 4.98 Å². The summed E-state index contributed by atoms with van der Waals surface area (Å²) >= 11 is 0. The molecular weight excluding hydrogens is 338 g/mol. The van der Waals surface area contributed by atoms with Crippen molar-refractivity contribution in [1.82, 2.24) is 4.98 Å². The first-order chi connectivity index (χ1) is 12.7. The monoisotopic (exact) mass is 355 g/mol. The highest BCUT2D eigenvalue weighted by atomic mass is 16.7. The third-order valence-corrected chi connectivity index (χ3v) is 4.35. The SMILES string of the molecule is COc1cc(C(=O)c2c[nH]c3cc4c(cc23)OCO4)cc(OC)c1OC. The van der Waals surface area contributed by atoms with Gasteiger partial charge in [-0.05, 0) is 18.2 Å². The molecule has 0 amide bonds. The maximum atomic E-state index is 13.1. The van der Waals surface area contributed by atoms with Crippen LogP contribution in [0.15, 0.2) is 30.5 Å². The smallest absolute Gasteiger partial charge is 0.231 e. The molecule has 0 atom stereocenters. The second kappa shape index (κ2) is 6.18. The van der Waals surface area contributed by atoms with Crippen molar-refractivity contribution in [3.8, 4) is 28.7 Å². The molecule has 2 aromatic carbocycles. The Kier molecular flexibility index (Phi) is 3.84. The summed E-state index contributed by atoms with van der Waals surface area (Å²) < 4.78 is 26.8. The van der Waals surface area contributed by atoms with Crippen molar-refractivity contribution < 1.29 is 28.5 Å². The summed E-state index contributed by atoms with van der Waals surface area (Å²) in [4.78, 5) is 16.2. The maximum Gasteiger partial charge on any atom is 0.231 e. The highest BCUT2D eigenvalue weighted by Crippen LogP contribution is 2.40. The second-order valence-corrected chi connectivity index (χ2v) is 5.70. The van der Waals surface area contributed by atoms with Crippen molar-refractivity contribution in [3.05, 3.63) is 41.6 Å². The lowest BCUT2D eigenvalue weighted by Crippen LogP contribution is -2.03. The lowest BCUT2D eigenvalue weighted by atomic mass is 10.0. The highest BCUT2D eigenvalue weighted by Gasteiger charge is 2.22. The van der Waals surface area contributed by atoms with Crippen molar-refractivity contribution in [2.75, 3.05) is 28.1 Å². The van der Waals surface area contributed by atoms with E-state index in [1.54, 1.807) is 24.4 Å². The van der Waals surface area contributed by atoms with E-state index < -0.39 is 0 Å². The van der Waals surface area contributed by atoms with Crippen LogP contribution < -0.4 is 23.7 Å². The van der Waals surface area contributed by atoms with Crippen molar-refractivity contribution in [2.45, 2.75) is 0 Å². The van der Waals surface area contributed by atoms with Crippen molar-refractivity contribution in [2.24, 2.45) is 0 Å². The Morgan fingerprint density at radius 1 is 0.962 bits per heavy atom. The summed E-state index contributed by atoms with van der Waals surface area (Å²) in [7, 11) is 4.54. The number of ether oxygens (including phenoxy) is 5. The predicted molar refractivity (Wildman–Crippen MR) is 94.0 cm³/mol. The molecule has 134 valence electrons. The molecule has 7 heteroatoms. The molecule has 0 saturated heterocycles. The Bertz CT molecular complexity index is 982. The molecule has 1 N–H and O–H groups in total. The lowest BCUT2D eigenvalue weighted by molar-refractivity contribution is 0.103. The molecule has 1 aliphatic rings. The third-order valence-electron chi connectivity index (χ3n) is 4.35. The number of H-pyrrole nitrogens is 1. The molecular formula is C19H17NO6. The van der Waals surface area contributed by atoms with Crippen LogP contribution in [0.2, 0.25) is 0 Å². The van der Waals surface area contributed by atoms with Gasteiger partial charge in [0, 0.05) is 28.8 Å². The summed E-state index contributed by atoms with van der Waals surface area (Å²) in [6.07, 6.45) is 1.67. The summed E-state index contributed by atoms with van der Waals surface area (Å²) in [5.74, 6) is 2.39. The number of fused-ring (bicyclic) bond motifs is 2. The van der Waals surface area contributed by atoms with Crippen molar-refractivity contribution in [1.29, 1.82) is 0 Å². The number of hydrogen-bond acceptors (Lipinski definition) is 6. The molecule has 0 spiro atoms. The largest absolute Gasteiger partial charge is 0.493 e. The van der Waals surface area contributed by atoms with Gasteiger partial charge in [-0.25, -0.2) is 0 Å². The zero-order valence-electron chi connectivity index (χ0n) is 14.5. The molecule has 0 bridgehead atoms. The molecule has 0 fully saturated rings. The van der Waals surface area contributed by atoms with Gasteiger partial charge in [0.15, 0.2) is 28.8 Å². The molecule has 3 aromatic rings. The molecule has 0 aliphatic carbocycles. The van der Waals surface area contributed by atoms with Crippen LogP contribution >= 0.6 is 0 Å². The van der Waals surface area contributed by atoms with E-state index in [1.807, 2.05) is 6.07 Å². The Morgan fingerprint density at radius 3 is 2.23 bits per heavy atom. The Labute approximate surface area is 149 Å². The van der Waals surface area contributed by atoms with Gasteiger partial charge in [0.25, 0.3) is 0 Å². The molecule has 0 saturated carbocycles. The average Bonchev–Trinajstić information content (AvgIpc) is 3.30. The Morgan fingerprint density at radius 2 is 1.62 bits per heavy atom. The van der Waals surface area contributed by atoms with Gasteiger partial charge in [-0.2, -0.15) is 0 Å². The lowest BCUT2D eigenvalue weighted by Gasteiger charge is -2.13. The standard InChI is InChI=1S/C19H17NO6/c1-22-16-4-10(5-17(23-2)19(16)24-3)18(21)12-8-20-13-7-15-14(6-11(12)13)25-9-26-15/h4-8,20H,9H2,1-3H3. The second-order valence-electron chi connectivity index (χ2n) is 5.70. The molecule has 0 radical (unpaired) electrons. The minimum absolute atomic E-state index is 0.172. The number of carbonyl (C=O) groups excluding carboxylic acids is 1. The first kappa shape index (κ1) is 16.1. The number of ketones is 1. The van der Waals surface area contributed by atoms with E-state index >= 15 is 0 Å². The third kappa shape index (κ3) is 2.40. The molecule has 1 aliphatic heterocycles. The number of aromatic nitrogens is 1. The van der Waals surface area contributed by atoms with E-state index in [1.165, 1.54) is 21.3 Å². The van der Waals surface area contributed by atoms with Gasteiger partial charge in [0.1, 0.15) is 0 Å². The van der Waals surface area contributed by atoms with Gasteiger partial charge in [-0.3, -0.25) is 4.79 Å². The normalized spacial score (nSPS) is 12.3. The van der Waals surface area contributed by atoms with Crippen LogP contribution in [0.4, 0.5) is 0 Å². The number of nitrogens with one attached hydrogen (secondary N) is 1. The highest BCUT2D eigenvalue weighted by molar-refractivity contribution is 6.17. The number of carbonyl (C=O) groups is 1. The average molecular weight is 355 g/mol. The number of benzene rings is 2. The zero-order chi connectivity index (χ0) is 18.3. The van der Waals surface area contributed by atoms with Crippen LogP contribution in [0.1, 0.15) is 15.9 Å². The maximum absolute atomic E-state index is 13.1. The van der Waals surface area contributed by atoms with Crippen molar-refractivity contribution in [3.63, 3.8) is 0 Å². The molecule has 7 nitrogen and oxygen atoms in total. The van der Waals surface area contributed by atoms with Gasteiger partial charge >= 0.3 is 0 Å². The Balaban J connectivity index is 1.82. The quantitative estimate of drug-likeness (QED) is 0.708. The zero-order valence-corrected chi connectivity index (χ0v) is 14.5. The summed E-state index contributed by atoms with van der Waals surface area (Å²) in [6.45, 7) is 0.179. The van der Waals surface area contributed by atoms with Gasteiger partial charge < -0.3 is 28.7 Å². The first-order valence-corrected chi connectivity index (χ1v) is 7.91. The van der Waals surface area contributed by atoms with Crippen LogP contribution in [0.5, 0.6) is 28.7 Å². The molecule has 2 heterocycles. The van der Waals surface area contributed by atoms with E-state index in [-0.39, 0.29) is 12.6 Å². The van der Waals surface area contributed by atoms with Gasteiger partial charge in [-0.1, -0.05) is 0 Å². The summed E-state index contributed by atoms with van der Waals surface area (Å²) in [6, 6.07) is 6.90. The Hall–Kier alpha value is -3.35. The number of methoxy groups -OCH3 is 3. The molecule has 0 unspecified atom stereocenters. The van der Waals surface area contributed by atoms with Crippen LogP contribution in [0, 0.1) is 0 Å². The van der Waals surface area contributed by atoms with E-state index in [0.29, 0.717) is 39.9 Å². The first-order valence-electron chi connectivity index (χ1n) is 7.91.